The van der Waals surface area contributed by atoms with Crippen molar-refractivity contribution in [2.75, 3.05) is 6.61 Å². The zero-order chi connectivity index (χ0) is 16.9. The minimum atomic E-state index is -0.516. The van der Waals surface area contributed by atoms with Gasteiger partial charge in [-0.15, -0.1) is 0 Å². The quantitative estimate of drug-likeness (QED) is 0.754. The summed E-state index contributed by atoms with van der Waals surface area (Å²) in [6, 6.07) is 17.7. The number of hydrogen-bond acceptors (Lipinski definition) is 3. The van der Waals surface area contributed by atoms with Gasteiger partial charge in [-0.2, -0.15) is 0 Å². The fourth-order valence-electron chi connectivity index (χ4n) is 2.38. The molecule has 1 atom stereocenters. The van der Waals surface area contributed by atoms with Crippen LogP contribution in [-0.2, 0) is 0 Å². The highest BCUT2D eigenvalue weighted by Gasteiger charge is 2.17. The van der Waals surface area contributed by atoms with Crippen molar-refractivity contribution in [3.8, 4) is 11.3 Å². The molecular formula is C19H16FNO3. The van der Waals surface area contributed by atoms with E-state index in [-0.39, 0.29) is 18.2 Å². The van der Waals surface area contributed by atoms with Gasteiger partial charge in [-0.1, -0.05) is 30.3 Å². The standard InChI is InChI=1S/C19H16FNO3/c20-15-8-6-14(7-9-15)17-10-11-18(24-17)19(23)21-16(12-22)13-4-2-1-3-5-13/h1-11,16,22H,12H2,(H,21,23). The van der Waals surface area contributed by atoms with Gasteiger partial charge in [0, 0.05) is 5.56 Å². The topological polar surface area (TPSA) is 62.5 Å². The van der Waals surface area contributed by atoms with E-state index < -0.39 is 11.9 Å². The van der Waals surface area contributed by atoms with Crippen LogP contribution in [0.2, 0.25) is 0 Å². The van der Waals surface area contributed by atoms with Gasteiger partial charge in [0.25, 0.3) is 5.91 Å². The number of aliphatic hydroxyl groups excluding tert-OH is 1. The van der Waals surface area contributed by atoms with E-state index in [2.05, 4.69) is 5.32 Å². The Bertz CT molecular complexity index is 812. The third kappa shape index (κ3) is 3.52. The summed E-state index contributed by atoms with van der Waals surface area (Å²) in [5, 5.41) is 12.2. The van der Waals surface area contributed by atoms with Crippen molar-refractivity contribution < 1.29 is 18.7 Å². The molecule has 0 aliphatic rings. The molecule has 0 radical (unpaired) electrons. The van der Waals surface area contributed by atoms with E-state index in [1.165, 1.54) is 12.1 Å². The molecule has 0 saturated carbocycles. The molecule has 0 spiro atoms. The van der Waals surface area contributed by atoms with E-state index in [0.29, 0.717) is 11.3 Å². The lowest BCUT2D eigenvalue weighted by Gasteiger charge is -2.15. The number of furan rings is 1. The van der Waals surface area contributed by atoms with E-state index in [0.717, 1.165) is 5.56 Å². The van der Waals surface area contributed by atoms with Crippen molar-refractivity contribution in [2.45, 2.75) is 6.04 Å². The molecule has 0 saturated heterocycles. The minimum absolute atomic E-state index is 0.128. The van der Waals surface area contributed by atoms with E-state index in [1.54, 1.807) is 24.3 Å². The molecule has 24 heavy (non-hydrogen) atoms. The Hall–Kier alpha value is -2.92. The molecule has 2 N–H and O–H groups in total. The molecule has 0 bridgehead atoms. The first-order chi connectivity index (χ1) is 11.7. The van der Waals surface area contributed by atoms with Crippen LogP contribution in [0.4, 0.5) is 4.39 Å². The van der Waals surface area contributed by atoms with Gasteiger partial charge in [0.15, 0.2) is 5.76 Å². The number of nitrogens with one attached hydrogen (secondary N) is 1. The zero-order valence-electron chi connectivity index (χ0n) is 12.8. The van der Waals surface area contributed by atoms with Crippen LogP contribution in [0.3, 0.4) is 0 Å². The van der Waals surface area contributed by atoms with Crippen LogP contribution in [0.5, 0.6) is 0 Å². The summed E-state index contributed by atoms with van der Waals surface area (Å²) in [5.74, 6) is -0.160. The predicted molar refractivity (Wildman–Crippen MR) is 87.8 cm³/mol. The number of rotatable bonds is 5. The van der Waals surface area contributed by atoms with Crippen molar-refractivity contribution in [1.29, 1.82) is 0 Å². The average Bonchev–Trinajstić information content (AvgIpc) is 3.11. The molecule has 1 amide bonds. The lowest BCUT2D eigenvalue weighted by atomic mass is 10.1. The number of aliphatic hydroxyl groups is 1. The number of hydrogen-bond donors (Lipinski definition) is 2. The molecule has 3 aromatic rings. The first kappa shape index (κ1) is 16.0. The van der Waals surface area contributed by atoms with Gasteiger partial charge in [0.1, 0.15) is 11.6 Å². The normalized spacial score (nSPS) is 11.9. The SMILES string of the molecule is O=C(NC(CO)c1ccccc1)c1ccc(-c2ccc(F)cc2)o1. The van der Waals surface area contributed by atoms with Crippen LogP contribution in [0.1, 0.15) is 22.2 Å². The predicted octanol–water partition coefficient (Wildman–Crippen LogP) is 3.55. The van der Waals surface area contributed by atoms with Crippen LogP contribution in [0, 0.1) is 5.82 Å². The Kier molecular flexibility index (Phi) is 4.72. The van der Waals surface area contributed by atoms with Crippen LogP contribution in [0.15, 0.2) is 71.1 Å². The maximum absolute atomic E-state index is 13.0. The van der Waals surface area contributed by atoms with Crippen molar-refractivity contribution in [3.63, 3.8) is 0 Å². The van der Waals surface area contributed by atoms with Gasteiger partial charge < -0.3 is 14.8 Å². The van der Waals surface area contributed by atoms with E-state index >= 15 is 0 Å². The van der Waals surface area contributed by atoms with E-state index in [1.807, 2.05) is 30.3 Å². The average molecular weight is 325 g/mol. The molecule has 2 aromatic carbocycles. The largest absolute Gasteiger partial charge is 0.451 e. The Morgan fingerprint density at radius 1 is 1.04 bits per heavy atom. The van der Waals surface area contributed by atoms with Gasteiger partial charge in [0.2, 0.25) is 0 Å². The smallest absolute Gasteiger partial charge is 0.287 e. The first-order valence-corrected chi connectivity index (χ1v) is 7.50. The van der Waals surface area contributed by atoms with Crippen molar-refractivity contribution in [1.82, 2.24) is 5.32 Å². The summed E-state index contributed by atoms with van der Waals surface area (Å²) in [6.07, 6.45) is 0. The summed E-state index contributed by atoms with van der Waals surface area (Å²) in [7, 11) is 0. The summed E-state index contributed by atoms with van der Waals surface area (Å²) < 4.78 is 18.5. The fourth-order valence-corrected chi connectivity index (χ4v) is 2.38. The number of benzene rings is 2. The molecule has 0 aliphatic heterocycles. The molecule has 0 fully saturated rings. The Morgan fingerprint density at radius 3 is 2.42 bits per heavy atom. The Morgan fingerprint density at radius 2 is 1.75 bits per heavy atom. The lowest BCUT2D eigenvalue weighted by molar-refractivity contribution is 0.0889. The molecular weight excluding hydrogens is 309 g/mol. The number of halogens is 1. The molecule has 4 nitrogen and oxygen atoms in total. The summed E-state index contributed by atoms with van der Waals surface area (Å²) >= 11 is 0. The zero-order valence-corrected chi connectivity index (χ0v) is 12.8. The molecule has 5 heteroatoms. The highest BCUT2D eigenvalue weighted by molar-refractivity contribution is 5.92. The summed E-state index contributed by atoms with van der Waals surface area (Å²) in [4.78, 5) is 12.3. The van der Waals surface area contributed by atoms with Gasteiger partial charge in [0.05, 0.1) is 12.6 Å². The first-order valence-electron chi connectivity index (χ1n) is 7.50. The molecule has 122 valence electrons. The van der Waals surface area contributed by atoms with Gasteiger partial charge in [-0.3, -0.25) is 4.79 Å². The van der Waals surface area contributed by atoms with Crippen LogP contribution in [-0.4, -0.2) is 17.6 Å². The van der Waals surface area contributed by atoms with Gasteiger partial charge in [-0.05, 0) is 42.0 Å². The van der Waals surface area contributed by atoms with Crippen LogP contribution < -0.4 is 5.32 Å². The van der Waals surface area contributed by atoms with E-state index in [4.69, 9.17) is 4.42 Å². The number of carbonyl (C=O) groups is 1. The van der Waals surface area contributed by atoms with Gasteiger partial charge >= 0.3 is 0 Å². The van der Waals surface area contributed by atoms with E-state index in [9.17, 15) is 14.3 Å². The summed E-state index contributed by atoms with van der Waals surface area (Å²) in [5.41, 5.74) is 1.48. The monoisotopic (exact) mass is 325 g/mol. The molecule has 1 heterocycles. The van der Waals surface area contributed by atoms with Crippen LogP contribution in [0.25, 0.3) is 11.3 Å². The van der Waals surface area contributed by atoms with Crippen molar-refractivity contribution in [3.05, 3.63) is 83.9 Å². The second-order valence-electron chi connectivity index (χ2n) is 5.29. The Balaban J connectivity index is 1.75. The highest BCUT2D eigenvalue weighted by atomic mass is 19.1. The van der Waals surface area contributed by atoms with Crippen molar-refractivity contribution in [2.24, 2.45) is 0 Å². The van der Waals surface area contributed by atoms with Crippen LogP contribution >= 0.6 is 0 Å². The maximum atomic E-state index is 13.0. The van der Waals surface area contributed by atoms with Crippen molar-refractivity contribution >= 4 is 5.91 Å². The third-order valence-electron chi connectivity index (χ3n) is 3.65. The second kappa shape index (κ2) is 7.10. The molecule has 0 aliphatic carbocycles. The third-order valence-corrected chi connectivity index (χ3v) is 3.65. The second-order valence-corrected chi connectivity index (χ2v) is 5.29. The number of carbonyl (C=O) groups excluding carboxylic acids is 1. The summed E-state index contributed by atoms with van der Waals surface area (Å²) in [6.45, 7) is -0.221. The molecule has 3 rings (SSSR count). The van der Waals surface area contributed by atoms with Gasteiger partial charge in [-0.25, -0.2) is 4.39 Å². The fraction of sp³-hybridized carbons (Fsp3) is 0.105. The molecule has 1 aromatic heterocycles. The molecule has 1 unspecified atom stereocenters. The lowest BCUT2D eigenvalue weighted by Crippen LogP contribution is -2.30. The Labute approximate surface area is 138 Å². The maximum Gasteiger partial charge on any atom is 0.287 e. The number of amides is 1. The minimum Gasteiger partial charge on any atom is -0.451 e. The highest BCUT2D eigenvalue weighted by Crippen LogP contribution is 2.23.